The Morgan fingerprint density at radius 2 is 1.43 bits per heavy atom. The zero-order valence-corrected chi connectivity index (χ0v) is 22.1. The minimum absolute atomic E-state index is 0.0473. The van der Waals surface area contributed by atoms with Gasteiger partial charge in [0, 0.05) is 17.2 Å². The maximum atomic E-state index is 12.1. The highest BCUT2D eigenvalue weighted by Gasteiger charge is 2.52. The summed E-state index contributed by atoms with van der Waals surface area (Å²) in [6.07, 6.45) is 10.2. The van der Waals surface area contributed by atoms with Crippen LogP contribution in [0.4, 0.5) is 0 Å². The molecule has 4 unspecified atom stereocenters. The Morgan fingerprint density at radius 3 is 2.09 bits per heavy atom. The number of hydrogen-bond acceptors (Lipinski definition) is 4. The van der Waals surface area contributed by atoms with Crippen LogP contribution in [0.1, 0.15) is 62.5 Å². The van der Waals surface area contributed by atoms with Crippen molar-refractivity contribution < 1.29 is 19.1 Å². The topological polar surface area (TPSA) is 52.6 Å². The summed E-state index contributed by atoms with van der Waals surface area (Å²) in [6, 6.07) is 20.6. The average molecular weight is 542 g/mol. The van der Waals surface area contributed by atoms with E-state index in [1.54, 1.807) is 0 Å². The molecule has 0 bridgehead atoms. The monoisotopic (exact) mass is 540 g/mol. The molecule has 35 heavy (non-hydrogen) atoms. The van der Waals surface area contributed by atoms with Gasteiger partial charge in [-0.3, -0.25) is 9.59 Å². The highest BCUT2D eigenvalue weighted by Crippen LogP contribution is 2.48. The molecule has 0 amide bonds. The van der Waals surface area contributed by atoms with Crippen LogP contribution in [0.15, 0.2) is 60.7 Å². The molecule has 2 aromatic rings. The summed E-state index contributed by atoms with van der Waals surface area (Å²) >= 11 is 3.36. The quantitative estimate of drug-likeness (QED) is 0.314. The Morgan fingerprint density at radius 1 is 0.771 bits per heavy atom. The molecule has 2 saturated carbocycles. The largest absolute Gasteiger partial charge is 0.465 e. The number of rotatable bonds is 3. The fourth-order valence-electron chi connectivity index (χ4n) is 5.99. The third-order valence-electron chi connectivity index (χ3n) is 8.04. The summed E-state index contributed by atoms with van der Waals surface area (Å²) in [6.45, 7) is 1.34. The van der Waals surface area contributed by atoms with Gasteiger partial charge in [-0.2, -0.15) is 0 Å². The van der Waals surface area contributed by atoms with Crippen molar-refractivity contribution in [3.05, 3.63) is 71.8 Å². The van der Waals surface area contributed by atoms with Crippen molar-refractivity contribution in [2.24, 2.45) is 23.2 Å². The molecular formula is C30H37BrO4. The molecular weight excluding hydrogens is 504 g/mol. The van der Waals surface area contributed by atoms with E-state index in [9.17, 15) is 9.59 Å². The van der Waals surface area contributed by atoms with Gasteiger partial charge < -0.3 is 9.47 Å². The fraction of sp³-hybridized carbons (Fsp3) is 0.533. The molecule has 0 spiro atoms. The molecule has 0 radical (unpaired) electrons. The summed E-state index contributed by atoms with van der Waals surface area (Å²) in [7, 11) is 0. The van der Waals surface area contributed by atoms with E-state index in [1.807, 2.05) is 36.4 Å². The lowest BCUT2D eigenvalue weighted by atomic mass is 9.65. The van der Waals surface area contributed by atoms with Crippen LogP contribution in [0.2, 0.25) is 0 Å². The van der Waals surface area contributed by atoms with E-state index in [0.717, 1.165) is 31.0 Å². The van der Waals surface area contributed by atoms with E-state index < -0.39 is 0 Å². The molecule has 4 nitrogen and oxygen atoms in total. The summed E-state index contributed by atoms with van der Waals surface area (Å²) in [5, 5.41) is 0.952. The van der Waals surface area contributed by atoms with Crippen molar-refractivity contribution in [3.8, 4) is 0 Å². The number of cyclic esters (lactones) is 2. The van der Waals surface area contributed by atoms with E-state index in [1.165, 1.54) is 43.2 Å². The Bertz CT molecular complexity index is 947. The van der Waals surface area contributed by atoms with Crippen molar-refractivity contribution in [1.82, 2.24) is 0 Å². The first-order valence-corrected chi connectivity index (χ1v) is 14.2. The number of hydrogen-bond donors (Lipinski definition) is 0. The predicted molar refractivity (Wildman–Crippen MR) is 141 cm³/mol. The average Bonchev–Trinajstić information content (AvgIpc) is 3.46. The van der Waals surface area contributed by atoms with Gasteiger partial charge in [-0.15, -0.1) is 0 Å². The Balaban J connectivity index is 0.000000136. The van der Waals surface area contributed by atoms with Crippen LogP contribution in [0.3, 0.4) is 0 Å². The van der Waals surface area contributed by atoms with Crippen LogP contribution in [-0.4, -0.2) is 25.2 Å². The van der Waals surface area contributed by atoms with Crippen LogP contribution >= 0.6 is 15.9 Å². The SMILES string of the molecule is BrCc1ccccc1.O=C1OCC2CCCCC12.O=C1OCC2CCCCC12Cc1ccccc1. The molecule has 4 fully saturated rings. The van der Waals surface area contributed by atoms with E-state index in [0.29, 0.717) is 25.0 Å². The van der Waals surface area contributed by atoms with Crippen LogP contribution < -0.4 is 0 Å². The maximum Gasteiger partial charge on any atom is 0.312 e. The van der Waals surface area contributed by atoms with Gasteiger partial charge in [0.05, 0.1) is 24.5 Å². The van der Waals surface area contributed by atoms with Gasteiger partial charge in [0.15, 0.2) is 0 Å². The highest BCUT2D eigenvalue weighted by molar-refractivity contribution is 9.08. The normalized spacial score (nSPS) is 28.8. The lowest BCUT2D eigenvalue weighted by Crippen LogP contribution is -2.38. The predicted octanol–water partition coefficient (Wildman–Crippen LogP) is 6.89. The second-order valence-electron chi connectivity index (χ2n) is 10.3. The second kappa shape index (κ2) is 12.7. The first-order valence-electron chi connectivity index (χ1n) is 13.1. The summed E-state index contributed by atoms with van der Waals surface area (Å²) in [4.78, 5) is 23.1. The van der Waals surface area contributed by atoms with Gasteiger partial charge in [0.1, 0.15) is 0 Å². The van der Waals surface area contributed by atoms with Gasteiger partial charge >= 0.3 is 11.9 Å². The van der Waals surface area contributed by atoms with Gasteiger partial charge in [0.25, 0.3) is 0 Å². The molecule has 4 aliphatic rings. The lowest BCUT2D eigenvalue weighted by Gasteiger charge is -2.35. The van der Waals surface area contributed by atoms with Crippen LogP contribution in [0.25, 0.3) is 0 Å². The highest BCUT2D eigenvalue weighted by atomic mass is 79.9. The van der Waals surface area contributed by atoms with Gasteiger partial charge in [-0.05, 0) is 43.2 Å². The first-order chi connectivity index (χ1) is 17.1. The molecule has 188 valence electrons. The molecule has 5 heteroatoms. The molecule has 2 saturated heterocycles. The van der Waals surface area contributed by atoms with Crippen LogP contribution in [-0.2, 0) is 30.8 Å². The smallest absolute Gasteiger partial charge is 0.312 e. The Labute approximate surface area is 217 Å². The summed E-state index contributed by atoms with van der Waals surface area (Å²) in [5.74, 6) is 1.40. The number of fused-ring (bicyclic) bond motifs is 2. The number of carbonyl (C=O) groups is 2. The summed E-state index contributed by atoms with van der Waals surface area (Å²) < 4.78 is 10.3. The van der Waals surface area contributed by atoms with E-state index >= 15 is 0 Å². The van der Waals surface area contributed by atoms with Crippen LogP contribution in [0, 0.1) is 23.2 Å². The zero-order valence-electron chi connectivity index (χ0n) is 20.5. The molecule has 2 aliphatic carbocycles. The second-order valence-corrected chi connectivity index (χ2v) is 10.8. The number of alkyl halides is 1. The first kappa shape index (κ1) is 25.9. The Hall–Kier alpha value is -2.14. The van der Waals surface area contributed by atoms with Gasteiger partial charge in [-0.1, -0.05) is 102 Å². The standard InChI is InChI=1S/C15H18O2.C8H12O2.C7H7Br/c16-14-15(10-12-6-2-1-3-7-12)9-5-4-8-13(15)11-17-14;9-8-7-4-2-1-3-6(7)5-10-8;8-6-7-4-2-1-3-5-7/h1-3,6-7,13H,4-5,8-11H2;6-7H,1-5H2;1-5H,6H2. The minimum atomic E-state index is -0.209. The lowest BCUT2D eigenvalue weighted by molar-refractivity contribution is -0.147. The number of ether oxygens (including phenoxy) is 2. The van der Waals surface area contributed by atoms with Crippen molar-refractivity contribution >= 4 is 27.9 Å². The minimum Gasteiger partial charge on any atom is -0.465 e. The number of halogens is 1. The molecule has 2 aromatic carbocycles. The third kappa shape index (κ3) is 6.55. The molecule has 4 atom stereocenters. The van der Waals surface area contributed by atoms with Crippen molar-refractivity contribution in [2.75, 3.05) is 13.2 Å². The van der Waals surface area contributed by atoms with Gasteiger partial charge in [0.2, 0.25) is 0 Å². The number of carbonyl (C=O) groups excluding carboxylic acids is 2. The molecule has 2 heterocycles. The zero-order chi connectivity index (χ0) is 24.5. The van der Waals surface area contributed by atoms with E-state index in [2.05, 4.69) is 40.2 Å². The fourth-order valence-corrected chi connectivity index (χ4v) is 6.36. The van der Waals surface area contributed by atoms with E-state index in [-0.39, 0.29) is 23.3 Å². The number of esters is 2. The van der Waals surface area contributed by atoms with E-state index in [4.69, 9.17) is 9.47 Å². The Kier molecular flexibility index (Phi) is 9.42. The van der Waals surface area contributed by atoms with Crippen molar-refractivity contribution in [3.63, 3.8) is 0 Å². The van der Waals surface area contributed by atoms with Crippen LogP contribution in [0.5, 0.6) is 0 Å². The summed E-state index contributed by atoms with van der Waals surface area (Å²) in [5.41, 5.74) is 2.38. The molecule has 0 N–H and O–H groups in total. The number of benzene rings is 2. The molecule has 0 aromatic heterocycles. The third-order valence-corrected chi connectivity index (χ3v) is 8.69. The molecule has 2 aliphatic heterocycles. The molecule has 6 rings (SSSR count). The maximum absolute atomic E-state index is 12.1. The van der Waals surface area contributed by atoms with Gasteiger partial charge in [-0.25, -0.2) is 0 Å². The van der Waals surface area contributed by atoms with Crippen molar-refractivity contribution in [2.45, 2.75) is 63.1 Å². The van der Waals surface area contributed by atoms with Crippen molar-refractivity contribution in [1.29, 1.82) is 0 Å².